The second-order valence-electron chi connectivity index (χ2n) is 6.20. The van der Waals surface area contributed by atoms with Crippen molar-refractivity contribution in [3.8, 4) is 0 Å². The summed E-state index contributed by atoms with van der Waals surface area (Å²) in [6, 6.07) is 8.23. The van der Waals surface area contributed by atoms with Crippen molar-refractivity contribution < 1.29 is 30.8 Å². The van der Waals surface area contributed by atoms with E-state index >= 15 is 0 Å². The number of carbonyl (C=O) groups is 1. The molecule has 0 aliphatic carbocycles. The Kier molecular flexibility index (Phi) is 7.22. The van der Waals surface area contributed by atoms with Crippen LogP contribution < -0.4 is 0 Å². The fourth-order valence-corrected chi connectivity index (χ4v) is 4.79. The average molecular weight is 445 g/mol. The van der Waals surface area contributed by atoms with E-state index in [4.69, 9.17) is 9.15 Å². The number of carbonyl (C=O) groups excluding carboxylic acids is 1. The van der Waals surface area contributed by atoms with Gasteiger partial charge in [0.05, 0.1) is 10.5 Å². The van der Waals surface area contributed by atoms with Gasteiger partial charge in [-0.2, -0.15) is 4.31 Å². The van der Waals surface area contributed by atoms with Gasteiger partial charge in [-0.3, -0.25) is 0 Å². The normalized spacial score (nSPS) is 12.5. The number of hydrogen-bond acceptors (Lipinski definition) is 7. The fourth-order valence-electron chi connectivity index (χ4n) is 2.47. The number of rotatable bonds is 9. The minimum atomic E-state index is -3.73. The summed E-state index contributed by atoms with van der Waals surface area (Å²) in [5, 5.41) is -0.263. The highest BCUT2D eigenvalue weighted by Crippen LogP contribution is 2.20. The first-order valence-electron chi connectivity index (χ1n) is 8.82. The van der Waals surface area contributed by atoms with Crippen molar-refractivity contribution in [2.24, 2.45) is 0 Å². The smallest absolute Gasteiger partial charge is 0.338 e. The summed E-state index contributed by atoms with van der Waals surface area (Å²) in [6.45, 7) is 3.78. The lowest BCUT2D eigenvalue weighted by Crippen LogP contribution is -2.30. The van der Waals surface area contributed by atoms with Crippen LogP contribution in [0.1, 0.15) is 30.0 Å². The quantitative estimate of drug-likeness (QED) is 0.543. The molecule has 0 spiro atoms. The molecule has 1 aromatic heterocycles. The molecule has 0 saturated carbocycles. The van der Waals surface area contributed by atoms with Crippen molar-refractivity contribution in [1.82, 2.24) is 8.61 Å². The summed E-state index contributed by atoms with van der Waals surface area (Å²) in [6.07, 6.45) is 0. The average Bonchev–Trinajstić information content (AvgIpc) is 3.16. The Morgan fingerprint density at radius 2 is 1.66 bits per heavy atom. The minimum Gasteiger partial charge on any atom is -0.454 e. The lowest BCUT2D eigenvalue weighted by atomic mass is 10.2. The van der Waals surface area contributed by atoms with E-state index in [9.17, 15) is 21.6 Å². The molecule has 0 amide bonds. The molecule has 0 bridgehead atoms. The Morgan fingerprint density at radius 3 is 2.24 bits per heavy atom. The Morgan fingerprint density at radius 1 is 1.00 bits per heavy atom. The van der Waals surface area contributed by atoms with E-state index in [1.807, 2.05) is 0 Å². The molecule has 160 valence electrons. The van der Waals surface area contributed by atoms with Gasteiger partial charge in [-0.25, -0.2) is 25.9 Å². The molecule has 0 saturated heterocycles. The van der Waals surface area contributed by atoms with Crippen LogP contribution in [0.15, 0.2) is 50.8 Å². The van der Waals surface area contributed by atoms with E-state index in [0.717, 1.165) is 4.31 Å². The molecule has 2 aromatic rings. The molecule has 0 radical (unpaired) electrons. The predicted molar refractivity (Wildman–Crippen MR) is 105 cm³/mol. The zero-order valence-corrected chi connectivity index (χ0v) is 18.3. The first-order valence-corrected chi connectivity index (χ1v) is 11.7. The van der Waals surface area contributed by atoms with Crippen molar-refractivity contribution in [3.63, 3.8) is 0 Å². The topological polar surface area (TPSA) is 114 Å². The highest BCUT2D eigenvalue weighted by atomic mass is 32.2. The van der Waals surface area contributed by atoms with E-state index < -0.39 is 26.0 Å². The second-order valence-corrected chi connectivity index (χ2v) is 10.2. The fraction of sp³-hybridized carbons (Fsp3) is 0.389. The molecule has 29 heavy (non-hydrogen) atoms. The SMILES string of the molecule is CCN(CC)S(=O)(=O)c1cccc(C(=O)OCc2ccc(S(=O)(=O)N(C)C)o2)c1. The van der Waals surface area contributed by atoms with Crippen LogP contribution in [-0.4, -0.2) is 58.6 Å². The van der Waals surface area contributed by atoms with Crippen LogP contribution in [0, 0.1) is 0 Å². The van der Waals surface area contributed by atoms with Crippen molar-refractivity contribution in [3.05, 3.63) is 47.7 Å². The maximum Gasteiger partial charge on any atom is 0.338 e. The molecule has 1 aromatic carbocycles. The van der Waals surface area contributed by atoms with Crippen LogP contribution in [0.25, 0.3) is 0 Å². The largest absolute Gasteiger partial charge is 0.454 e. The van der Waals surface area contributed by atoms with Gasteiger partial charge in [0.15, 0.2) is 0 Å². The summed E-state index contributed by atoms with van der Waals surface area (Å²) in [7, 11) is -4.69. The van der Waals surface area contributed by atoms with E-state index in [2.05, 4.69) is 0 Å². The number of sulfonamides is 2. The number of esters is 1. The molecule has 0 N–H and O–H groups in total. The molecule has 0 aliphatic heterocycles. The summed E-state index contributed by atoms with van der Waals surface area (Å²) in [4.78, 5) is 12.3. The van der Waals surface area contributed by atoms with Gasteiger partial charge in [0, 0.05) is 27.2 Å². The van der Waals surface area contributed by atoms with Crippen LogP contribution >= 0.6 is 0 Å². The van der Waals surface area contributed by atoms with Gasteiger partial charge in [0.1, 0.15) is 12.4 Å². The van der Waals surface area contributed by atoms with Crippen LogP contribution in [0.2, 0.25) is 0 Å². The van der Waals surface area contributed by atoms with Crippen molar-refractivity contribution in [1.29, 1.82) is 0 Å². The third-order valence-corrected chi connectivity index (χ3v) is 7.87. The highest BCUT2D eigenvalue weighted by Gasteiger charge is 2.24. The van der Waals surface area contributed by atoms with E-state index in [0.29, 0.717) is 13.1 Å². The van der Waals surface area contributed by atoms with Gasteiger partial charge in [-0.1, -0.05) is 19.9 Å². The van der Waals surface area contributed by atoms with Gasteiger partial charge in [-0.15, -0.1) is 0 Å². The van der Waals surface area contributed by atoms with Crippen LogP contribution in [0.3, 0.4) is 0 Å². The molecule has 0 aliphatic rings. The summed E-state index contributed by atoms with van der Waals surface area (Å²) in [5.41, 5.74) is 0.0610. The molecule has 0 fully saturated rings. The van der Waals surface area contributed by atoms with Crippen molar-refractivity contribution in [2.45, 2.75) is 30.4 Å². The molecular formula is C18H24N2O7S2. The van der Waals surface area contributed by atoms with Crippen LogP contribution in [0.4, 0.5) is 0 Å². The zero-order valence-electron chi connectivity index (χ0n) is 16.7. The maximum atomic E-state index is 12.6. The molecule has 0 unspecified atom stereocenters. The van der Waals surface area contributed by atoms with Gasteiger partial charge >= 0.3 is 5.97 Å². The molecule has 1 heterocycles. The van der Waals surface area contributed by atoms with Crippen LogP contribution in [-0.2, 0) is 31.4 Å². The zero-order chi connectivity index (χ0) is 21.8. The van der Waals surface area contributed by atoms with Gasteiger partial charge in [0.25, 0.3) is 10.0 Å². The van der Waals surface area contributed by atoms with Crippen molar-refractivity contribution in [2.75, 3.05) is 27.2 Å². The number of furan rings is 1. The van der Waals surface area contributed by atoms with Gasteiger partial charge in [-0.05, 0) is 30.3 Å². The van der Waals surface area contributed by atoms with E-state index in [1.54, 1.807) is 13.8 Å². The second kappa shape index (κ2) is 9.08. The lowest BCUT2D eigenvalue weighted by molar-refractivity contribution is 0.0440. The molecule has 9 nitrogen and oxygen atoms in total. The Labute approximate surface area is 171 Å². The van der Waals surface area contributed by atoms with Gasteiger partial charge in [0.2, 0.25) is 15.1 Å². The number of benzene rings is 1. The molecular weight excluding hydrogens is 420 g/mol. The number of ether oxygens (including phenoxy) is 1. The highest BCUT2D eigenvalue weighted by molar-refractivity contribution is 7.89. The minimum absolute atomic E-state index is 0.00647. The Bertz CT molecular complexity index is 1070. The maximum absolute atomic E-state index is 12.6. The standard InChI is InChI=1S/C18H24N2O7S2/c1-5-20(6-2)28(22,23)16-9-7-8-14(12-16)18(21)26-13-15-10-11-17(27-15)29(24,25)19(3)4/h7-12H,5-6,13H2,1-4H3. The predicted octanol–water partition coefficient (Wildman–Crippen LogP) is 1.92. The Balaban J connectivity index is 2.14. The summed E-state index contributed by atoms with van der Waals surface area (Å²) < 4.78 is 61.9. The van der Waals surface area contributed by atoms with Gasteiger partial charge < -0.3 is 9.15 Å². The number of hydrogen-bond donors (Lipinski definition) is 0. The van der Waals surface area contributed by atoms with Crippen LogP contribution in [0.5, 0.6) is 0 Å². The monoisotopic (exact) mass is 444 g/mol. The summed E-state index contributed by atoms with van der Waals surface area (Å²) >= 11 is 0. The molecule has 11 heteroatoms. The van der Waals surface area contributed by atoms with E-state index in [-0.39, 0.29) is 27.9 Å². The number of nitrogens with zero attached hydrogens (tertiary/aromatic N) is 2. The lowest BCUT2D eigenvalue weighted by Gasteiger charge is -2.18. The van der Waals surface area contributed by atoms with Crippen molar-refractivity contribution >= 4 is 26.0 Å². The summed E-state index contributed by atoms with van der Waals surface area (Å²) in [5.74, 6) is -0.610. The Hall–Kier alpha value is -2.21. The first kappa shape index (κ1) is 23.1. The van der Waals surface area contributed by atoms with E-state index in [1.165, 1.54) is 54.8 Å². The first-order chi connectivity index (χ1) is 13.5. The third kappa shape index (κ3) is 5.04. The molecule has 0 atom stereocenters. The molecule has 2 rings (SSSR count). The third-order valence-electron chi connectivity index (χ3n) is 4.13.